The first kappa shape index (κ1) is 12.2. The zero-order valence-electron chi connectivity index (χ0n) is 10.9. The molecule has 0 aliphatic carbocycles. The van der Waals surface area contributed by atoms with Gasteiger partial charge >= 0.3 is 0 Å². The zero-order valence-corrected chi connectivity index (χ0v) is 10.9. The van der Waals surface area contributed by atoms with E-state index in [0.29, 0.717) is 11.4 Å². The molecule has 2 heterocycles. The fourth-order valence-corrected chi connectivity index (χ4v) is 2.11. The van der Waals surface area contributed by atoms with E-state index < -0.39 is 0 Å². The predicted octanol–water partition coefficient (Wildman–Crippen LogP) is 2.99. The van der Waals surface area contributed by atoms with Crippen LogP contribution in [0.1, 0.15) is 0 Å². The number of benzene rings is 1. The van der Waals surface area contributed by atoms with E-state index in [1.54, 1.807) is 19.5 Å². The summed E-state index contributed by atoms with van der Waals surface area (Å²) in [6.45, 7) is 0. The molecular formula is C15H13N3O2. The number of nitrogen functional groups attached to an aromatic ring is 1. The highest BCUT2D eigenvalue weighted by Gasteiger charge is 2.19. The molecule has 100 valence electrons. The van der Waals surface area contributed by atoms with Gasteiger partial charge < -0.3 is 15.0 Å². The molecule has 5 heteroatoms. The molecule has 0 aliphatic rings. The lowest BCUT2D eigenvalue weighted by Gasteiger charge is -2.06. The van der Waals surface area contributed by atoms with Gasteiger partial charge in [0.1, 0.15) is 11.4 Å². The maximum absolute atomic E-state index is 5.92. The van der Waals surface area contributed by atoms with Crippen LogP contribution in [0.5, 0.6) is 5.75 Å². The molecule has 0 atom stereocenters. The van der Waals surface area contributed by atoms with Gasteiger partial charge in [-0.2, -0.15) is 0 Å². The minimum absolute atomic E-state index is 0.282. The maximum atomic E-state index is 5.92. The average molecular weight is 267 g/mol. The van der Waals surface area contributed by atoms with Crippen LogP contribution in [0.2, 0.25) is 0 Å². The SMILES string of the molecule is COc1cnccc1-c1noc(N)c1-c1ccccc1. The summed E-state index contributed by atoms with van der Waals surface area (Å²) in [4.78, 5) is 4.04. The van der Waals surface area contributed by atoms with Crippen molar-refractivity contribution in [1.29, 1.82) is 0 Å². The average Bonchev–Trinajstić information content (AvgIpc) is 2.89. The van der Waals surface area contributed by atoms with Crippen molar-refractivity contribution in [2.24, 2.45) is 0 Å². The summed E-state index contributed by atoms with van der Waals surface area (Å²) in [7, 11) is 1.59. The molecular weight excluding hydrogens is 254 g/mol. The number of anilines is 1. The van der Waals surface area contributed by atoms with Crippen LogP contribution >= 0.6 is 0 Å². The smallest absolute Gasteiger partial charge is 0.230 e. The number of hydrogen-bond acceptors (Lipinski definition) is 5. The lowest BCUT2D eigenvalue weighted by Crippen LogP contribution is -1.91. The number of nitrogens with zero attached hydrogens (tertiary/aromatic N) is 2. The molecule has 0 amide bonds. The third kappa shape index (κ3) is 1.99. The van der Waals surface area contributed by atoms with E-state index in [1.807, 2.05) is 36.4 Å². The Labute approximate surface area is 116 Å². The van der Waals surface area contributed by atoms with Gasteiger partial charge in [-0.05, 0) is 11.6 Å². The standard InChI is InChI=1S/C15H13N3O2/c1-19-12-9-17-8-7-11(12)14-13(15(16)20-18-14)10-5-3-2-4-6-10/h2-9H,16H2,1H3. The highest BCUT2D eigenvalue weighted by molar-refractivity contribution is 5.88. The normalized spacial score (nSPS) is 10.4. The van der Waals surface area contributed by atoms with E-state index >= 15 is 0 Å². The van der Waals surface area contributed by atoms with Crippen LogP contribution in [0.25, 0.3) is 22.4 Å². The Morgan fingerprint density at radius 3 is 2.70 bits per heavy atom. The first-order valence-electron chi connectivity index (χ1n) is 6.10. The number of nitrogens with two attached hydrogens (primary N) is 1. The molecule has 0 saturated carbocycles. The quantitative estimate of drug-likeness (QED) is 0.789. The minimum atomic E-state index is 0.282. The number of rotatable bonds is 3. The van der Waals surface area contributed by atoms with Crippen LogP contribution in [0.4, 0.5) is 5.88 Å². The largest absolute Gasteiger partial charge is 0.494 e. The molecule has 0 radical (unpaired) electrons. The van der Waals surface area contributed by atoms with Crippen molar-refractivity contribution < 1.29 is 9.26 Å². The van der Waals surface area contributed by atoms with Crippen molar-refractivity contribution in [3.63, 3.8) is 0 Å². The summed E-state index contributed by atoms with van der Waals surface area (Å²) in [5, 5.41) is 4.06. The van der Waals surface area contributed by atoms with E-state index in [-0.39, 0.29) is 5.88 Å². The topological polar surface area (TPSA) is 74.2 Å². The lowest BCUT2D eigenvalue weighted by molar-refractivity contribution is 0.412. The summed E-state index contributed by atoms with van der Waals surface area (Å²) >= 11 is 0. The Kier molecular flexibility index (Phi) is 3.09. The van der Waals surface area contributed by atoms with E-state index in [1.165, 1.54) is 0 Å². The van der Waals surface area contributed by atoms with Gasteiger partial charge in [0.05, 0.1) is 18.9 Å². The van der Waals surface area contributed by atoms with E-state index in [0.717, 1.165) is 16.7 Å². The van der Waals surface area contributed by atoms with Gasteiger partial charge in [-0.25, -0.2) is 0 Å². The molecule has 2 aromatic heterocycles. The fourth-order valence-electron chi connectivity index (χ4n) is 2.11. The summed E-state index contributed by atoms with van der Waals surface area (Å²) in [6.07, 6.45) is 3.31. The van der Waals surface area contributed by atoms with Crippen LogP contribution in [0.3, 0.4) is 0 Å². The van der Waals surface area contributed by atoms with Gasteiger partial charge in [-0.1, -0.05) is 35.5 Å². The van der Waals surface area contributed by atoms with Crippen LogP contribution in [0.15, 0.2) is 53.3 Å². The molecule has 3 aromatic rings. The van der Waals surface area contributed by atoms with E-state index in [2.05, 4.69) is 10.1 Å². The molecule has 0 fully saturated rings. The monoisotopic (exact) mass is 267 g/mol. The van der Waals surface area contributed by atoms with Crippen molar-refractivity contribution >= 4 is 5.88 Å². The number of methoxy groups -OCH3 is 1. The van der Waals surface area contributed by atoms with Gasteiger partial charge in [0.25, 0.3) is 0 Å². The minimum Gasteiger partial charge on any atom is -0.494 e. The third-order valence-corrected chi connectivity index (χ3v) is 3.04. The Morgan fingerprint density at radius 1 is 1.15 bits per heavy atom. The Morgan fingerprint density at radius 2 is 1.95 bits per heavy atom. The van der Waals surface area contributed by atoms with Crippen LogP contribution in [0, 0.1) is 0 Å². The molecule has 2 N–H and O–H groups in total. The van der Waals surface area contributed by atoms with E-state index in [4.69, 9.17) is 15.0 Å². The number of pyridine rings is 1. The first-order chi connectivity index (χ1) is 9.81. The van der Waals surface area contributed by atoms with Crippen molar-refractivity contribution in [1.82, 2.24) is 10.1 Å². The zero-order chi connectivity index (χ0) is 13.9. The predicted molar refractivity (Wildman–Crippen MR) is 76.1 cm³/mol. The summed E-state index contributed by atoms with van der Waals surface area (Å²) in [5.74, 6) is 0.906. The second-order valence-electron chi connectivity index (χ2n) is 4.21. The molecule has 5 nitrogen and oxygen atoms in total. The van der Waals surface area contributed by atoms with Gasteiger partial charge in [0.2, 0.25) is 5.88 Å². The molecule has 0 unspecified atom stereocenters. The second kappa shape index (κ2) is 5.05. The van der Waals surface area contributed by atoms with E-state index in [9.17, 15) is 0 Å². The molecule has 3 rings (SSSR count). The highest BCUT2D eigenvalue weighted by Crippen LogP contribution is 2.39. The van der Waals surface area contributed by atoms with Crippen LogP contribution in [-0.2, 0) is 0 Å². The molecule has 0 saturated heterocycles. The summed E-state index contributed by atoms with van der Waals surface area (Å²) in [6, 6.07) is 11.6. The van der Waals surface area contributed by atoms with Crippen molar-refractivity contribution in [2.45, 2.75) is 0 Å². The lowest BCUT2D eigenvalue weighted by atomic mass is 10.0. The van der Waals surface area contributed by atoms with Gasteiger partial charge in [-0.15, -0.1) is 0 Å². The number of hydrogen-bond donors (Lipinski definition) is 1. The summed E-state index contributed by atoms with van der Waals surface area (Å²) in [5.41, 5.74) is 9.06. The second-order valence-corrected chi connectivity index (χ2v) is 4.21. The molecule has 0 spiro atoms. The number of ether oxygens (including phenoxy) is 1. The van der Waals surface area contributed by atoms with Crippen molar-refractivity contribution in [3.8, 4) is 28.1 Å². The van der Waals surface area contributed by atoms with Gasteiger partial charge in [0, 0.05) is 11.8 Å². The first-order valence-corrected chi connectivity index (χ1v) is 6.10. The highest BCUT2D eigenvalue weighted by atomic mass is 16.5. The summed E-state index contributed by atoms with van der Waals surface area (Å²) < 4.78 is 10.5. The van der Waals surface area contributed by atoms with Gasteiger partial charge in [0.15, 0.2) is 0 Å². The molecule has 20 heavy (non-hydrogen) atoms. The fraction of sp³-hybridized carbons (Fsp3) is 0.0667. The molecule has 1 aromatic carbocycles. The van der Waals surface area contributed by atoms with Crippen molar-refractivity contribution in [3.05, 3.63) is 48.8 Å². The Bertz CT molecular complexity index is 723. The van der Waals surface area contributed by atoms with Crippen molar-refractivity contribution in [2.75, 3.05) is 12.8 Å². The maximum Gasteiger partial charge on any atom is 0.230 e. The third-order valence-electron chi connectivity index (χ3n) is 3.04. The Hall–Kier alpha value is -2.82. The van der Waals surface area contributed by atoms with Crippen LogP contribution in [-0.4, -0.2) is 17.3 Å². The van der Waals surface area contributed by atoms with Gasteiger partial charge in [-0.3, -0.25) is 4.98 Å². The molecule has 0 aliphatic heterocycles. The Balaban J connectivity index is 2.22. The number of aromatic nitrogens is 2. The molecule has 0 bridgehead atoms. The van der Waals surface area contributed by atoms with Crippen LogP contribution < -0.4 is 10.5 Å².